The van der Waals surface area contributed by atoms with Crippen molar-refractivity contribution >= 4 is 40.1 Å². The Morgan fingerprint density at radius 3 is 2.59 bits per heavy atom. The number of carbonyl (C=O) groups is 1. The van der Waals surface area contributed by atoms with Gasteiger partial charge in [-0.1, -0.05) is 35.3 Å². The quantitative estimate of drug-likeness (QED) is 0.396. The summed E-state index contributed by atoms with van der Waals surface area (Å²) in [5.74, 6) is 0.528. The van der Waals surface area contributed by atoms with Crippen molar-refractivity contribution in [2.45, 2.75) is 27.2 Å². The first kappa shape index (κ1) is 19.5. The average molecular weight is 404 g/mol. The molecule has 1 aromatic heterocycles. The number of carbonyl (C=O) groups excluding carboxylic acids is 1. The number of rotatable bonds is 5. The lowest BCUT2D eigenvalue weighted by Crippen LogP contribution is -2.13. The first-order valence-electron chi connectivity index (χ1n) is 8.51. The Bertz CT molecular complexity index is 1020. The van der Waals surface area contributed by atoms with Gasteiger partial charge in [0.1, 0.15) is 11.3 Å². The Morgan fingerprint density at radius 2 is 1.81 bits per heavy atom. The van der Waals surface area contributed by atoms with Gasteiger partial charge in [-0.2, -0.15) is 0 Å². The Morgan fingerprint density at radius 1 is 1.04 bits per heavy atom. The molecule has 27 heavy (non-hydrogen) atoms. The van der Waals surface area contributed by atoms with Crippen LogP contribution in [0.25, 0.3) is 10.9 Å². The van der Waals surface area contributed by atoms with E-state index < -0.39 is 5.97 Å². The van der Waals surface area contributed by atoms with Crippen LogP contribution in [0.1, 0.15) is 23.2 Å². The summed E-state index contributed by atoms with van der Waals surface area (Å²) in [5, 5.41) is 1.39. The molecule has 140 valence electrons. The van der Waals surface area contributed by atoms with Crippen LogP contribution in [0, 0.1) is 20.8 Å². The van der Waals surface area contributed by atoms with Crippen LogP contribution in [0.15, 0.2) is 36.4 Å². The van der Waals surface area contributed by atoms with Crippen molar-refractivity contribution in [3.8, 4) is 11.5 Å². The van der Waals surface area contributed by atoms with Crippen LogP contribution in [-0.2, 0) is 4.79 Å². The van der Waals surface area contributed by atoms with Gasteiger partial charge in [-0.05, 0) is 56.2 Å². The summed E-state index contributed by atoms with van der Waals surface area (Å²) in [6, 6.07) is 11.2. The summed E-state index contributed by atoms with van der Waals surface area (Å²) in [5.41, 5.74) is 3.35. The first-order chi connectivity index (χ1) is 12.8. The molecule has 0 unspecified atom stereocenters. The van der Waals surface area contributed by atoms with Gasteiger partial charge in [-0.25, -0.2) is 4.98 Å². The number of aromatic nitrogens is 1. The lowest BCUT2D eigenvalue weighted by Gasteiger charge is -2.12. The molecule has 3 rings (SSSR count). The minimum absolute atomic E-state index is 0.0830. The number of ether oxygens (including phenoxy) is 2. The predicted octanol–water partition coefficient (Wildman–Crippen LogP) is 5.84. The number of fused-ring (bicyclic) bond motifs is 1. The summed E-state index contributed by atoms with van der Waals surface area (Å²) in [6.07, 6.45) is 0.0830. The molecule has 0 bridgehead atoms. The van der Waals surface area contributed by atoms with Crippen LogP contribution >= 0.6 is 23.2 Å². The highest BCUT2D eigenvalue weighted by Gasteiger charge is 2.16. The molecule has 2 aromatic carbocycles. The van der Waals surface area contributed by atoms with Crippen molar-refractivity contribution < 1.29 is 14.3 Å². The van der Waals surface area contributed by atoms with Crippen molar-refractivity contribution in [3.63, 3.8) is 0 Å². The third-order valence-electron chi connectivity index (χ3n) is 4.10. The zero-order chi connectivity index (χ0) is 19.6. The molecule has 0 saturated heterocycles. The van der Waals surface area contributed by atoms with Crippen LogP contribution < -0.4 is 9.47 Å². The van der Waals surface area contributed by atoms with Crippen molar-refractivity contribution in [1.29, 1.82) is 0 Å². The summed E-state index contributed by atoms with van der Waals surface area (Å²) in [4.78, 5) is 16.7. The maximum atomic E-state index is 12.3. The van der Waals surface area contributed by atoms with Crippen LogP contribution in [0.4, 0.5) is 0 Å². The van der Waals surface area contributed by atoms with E-state index in [-0.39, 0.29) is 23.8 Å². The van der Waals surface area contributed by atoms with Gasteiger partial charge in [0, 0.05) is 11.1 Å². The minimum atomic E-state index is -0.450. The van der Waals surface area contributed by atoms with Gasteiger partial charge in [0.25, 0.3) is 0 Å². The minimum Gasteiger partial charge on any atom is -0.493 e. The molecule has 0 aliphatic heterocycles. The maximum absolute atomic E-state index is 12.3. The van der Waals surface area contributed by atoms with Crippen molar-refractivity contribution in [2.75, 3.05) is 6.61 Å². The summed E-state index contributed by atoms with van der Waals surface area (Å²) in [6.45, 7) is 6.00. The van der Waals surface area contributed by atoms with Gasteiger partial charge >= 0.3 is 5.97 Å². The number of hydrogen-bond acceptors (Lipinski definition) is 4. The van der Waals surface area contributed by atoms with Gasteiger partial charge < -0.3 is 9.47 Å². The molecule has 0 radical (unpaired) electrons. The second-order valence-corrected chi connectivity index (χ2v) is 7.17. The standard InChI is InChI=1S/C21H19Cl2NO3/c1-12-4-5-13(2)18(10-12)26-9-8-19(25)27-21-17(23)11-16(22)15-7-6-14(3)24-20(15)21/h4-7,10-11H,8-9H2,1-3H3. The zero-order valence-corrected chi connectivity index (χ0v) is 16.8. The van der Waals surface area contributed by atoms with Crippen LogP contribution in [0.5, 0.6) is 11.5 Å². The topological polar surface area (TPSA) is 48.4 Å². The molecular formula is C21H19Cl2NO3. The van der Waals surface area contributed by atoms with Crippen molar-refractivity contribution in [3.05, 3.63) is 63.3 Å². The van der Waals surface area contributed by atoms with E-state index in [1.165, 1.54) is 0 Å². The molecule has 0 amide bonds. The molecule has 0 spiro atoms. The highest BCUT2D eigenvalue weighted by Crippen LogP contribution is 2.37. The van der Waals surface area contributed by atoms with Crippen LogP contribution in [0.2, 0.25) is 10.0 Å². The number of hydrogen-bond donors (Lipinski definition) is 0. The number of halogens is 2. The fourth-order valence-electron chi connectivity index (χ4n) is 2.66. The smallest absolute Gasteiger partial charge is 0.314 e. The maximum Gasteiger partial charge on any atom is 0.314 e. The fourth-order valence-corrected chi connectivity index (χ4v) is 3.21. The second kappa shape index (κ2) is 8.15. The SMILES string of the molecule is Cc1ccc(C)c(OCCC(=O)Oc2c(Cl)cc(Cl)c3ccc(C)nc23)c1. The number of aryl methyl sites for hydroxylation is 3. The summed E-state index contributed by atoms with van der Waals surface area (Å²) < 4.78 is 11.2. The summed E-state index contributed by atoms with van der Waals surface area (Å²) >= 11 is 12.5. The van der Waals surface area contributed by atoms with Gasteiger partial charge in [0.15, 0.2) is 5.75 Å². The van der Waals surface area contributed by atoms with E-state index in [1.807, 2.05) is 51.1 Å². The molecule has 0 aliphatic rings. The molecule has 6 heteroatoms. The van der Waals surface area contributed by atoms with Gasteiger partial charge in [-0.3, -0.25) is 4.79 Å². The molecule has 0 saturated carbocycles. The lowest BCUT2D eigenvalue weighted by atomic mass is 10.1. The molecule has 0 N–H and O–H groups in total. The van der Waals surface area contributed by atoms with E-state index in [1.54, 1.807) is 6.07 Å². The Hall–Kier alpha value is -2.30. The molecule has 4 nitrogen and oxygen atoms in total. The monoisotopic (exact) mass is 403 g/mol. The zero-order valence-electron chi connectivity index (χ0n) is 15.3. The van der Waals surface area contributed by atoms with Gasteiger partial charge in [-0.15, -0.1) is 0 Å². The lowest BCUT2D eigenvalue weighted by molar-refractivity contribution is -0.134. The molecule has 3 aromatic rings. The molecular weight excluding hydrogens is 385 g/mol. The predicted molar refractivity (Wildman–Crippen MR) is 108 cm³/mol. The third kappa shape index (κ3) is 4.52. The number of pyridine rings is 1. The fraction of sp³-hybridized carbons (Fsp3) is 0.238. The van der Waals surface area contributed by atoms with E-state index in [0.29, 0.717) is 15.9 Å². The van der Waals surface area contributed by atoms with Crippen molar-refractivity contribution in [1.82, 2.24) is 4.98 Å². The largest absolute Gasteiger partial charge is 0.493 e. The van der Waals surface area contributed by atoms with E-state index >= 15 is 0 Å². The van der Waals surface area contributed by atoms with E-state index in [0.717, 1.165) is 22.6 Å². The third-order valence-corrected chi connectivity index (χ3v) is 4.69. The molecule has 0 atom stereocenters. The number of esters is 1. The average Bonchev–Trinajstić information content (AvgIpc) is 2.61. The highest BCUT2D eigenvalue weighted by molar-refractivity contribution is 6.39. The molecule has 1 heterocycles. The van der Waals surface area contributed by atoms with E-state index in [4.69, 9.17) is 32.7 Å². The molecule has 0 fully saturated rings. The first-order valence-corrected chi connectivity index (χ1v) is 9.27. The normalized spacial score (nSPS) is 10.9. The highest BCUT2D eigenvalue weighted by atomic mass is 35.5. The van der Waals surface area contributed by atoms with E-state index in [9.17, 15) is 4.79 Å². The Labute approximate surface area is 168 Å². The number of benzene rings is 2. The van der Waals surface area contributed by atoms with Gasteiger partial charge in [0.2, 0.25) is 0 Å². The van der Waals surface area contributed by atoms with Crippen LogP contribution in [0.3, 0.4) is 0 Å². The second-order valence-electron chi connectivity index (χ2n) is 6.36. The Balaban J connectivity index is 1.73. The van der Waals surface area contributed by atoms with Crippen molar-refractivity contribution in [2.24, 2.45) is 0 Å². The van der Waals surface area contributed by atoms with E-state index in [2.05, 4.69) is 4.98 Å². The number of nitrogens with zero attached hydrogens (tertiary/aromatic N) is 1. The summed E-state index contributed by atoms with van der Waals surface area (Å²) in [7, 11) is 0. The molecule has 0 aliphatic carbocycles. The van der Waals surface area contributed by atoms with Crippen LogP contribution in [-0.4, -0.2) is 17.6 Å². The van der Waals surface area contributed by atoms with Gasteiger partial charge in [0.05, 0.1) is 23.1 Å². The Kier molecular flexibility index (Phi) is 5.88.